The highest BCUT2D eigenvalue weighted by molar-refractivity contribution is 9.10. The number of rotatable bonds is 5. The number of hydrogen-bond donors (Lipinski definition) is 1. The highest BCUT2D eigenvalue weighted by Crippen LogP contribution is 2.54. The smallest absolute Gasteiger partial charge is 0.324 e. The number of thioether (sulfide) groups is 1. The lowest BCUT2D eigenvalue weighted by molar-refractivity contribution is -0.137. The molecule has 4 aromatic rings. The van der Waals surface area contributed by atoms with Gasteiger partial charge in [-0.3, -0.25) is 23.7 Å². The van der Waals surface area contributed by atoms with Crippen LogP contribution in [0.1, 0.15) is 21.2 Å². The molecule has 0 aliphatic carbocycles. The third-order valence-electron chi connectivity index (χ3n) is 6.79. The van der Waals surface area contributed by atoms with Crippen LogP contribution in [0.25, 0.3) is 0 Å². The van der Waals surface area contributed by atoms with Crippen molar-refractivity contribution in [3.05, 3.63) is 95.5 Å². The standard InChI is InChI=1S/C27H17BrF3N3O4S3/c28-13-7-9-14(10-8-13)34-23(36)20-19(17-6-3-11-39-17)22-25(40-21(20)24(34)37)33(26(38)41-22)12-18(35)32-16-5-2-1-4-15(16)27(29,30)31/h1-11,19-21H,12H2,(H,32,35). The van der Waals surface area contributed by atoms with Gasteiger partial charge >= 0.3 is 11.0 Å². The molecular formula is C27H17BrF3N3O4S3. The predicted molar refractivity (Wildman–Crippen MR) is 155 cm³/mol. The molecule has 1 N–H and O–H groups in total. The summed E-state index contributed by atoms with van der Waals surface area (Å²) in [5.74, 6) is -3.02. The van der Waals surface area contributed by atoms with Gasteiger partial charge in [0.15, 0.2) is 0 Å². The van der Waals surface area contributed by atoms with Gasteiger partial charge < -0.3 is 5.32 Å². The fraction of sp³-hybridized carbons (Fsp3) is 0.185. The number of amides is 3. The topological polar surface area (TPSA) is 88.5 Å². The van der Waals surface area contributed by atoms with E-state index in [1.54, 1.807) is 24.3 Å². The molecule has 0 bridgehead atoms. The first-order valence-electron chi connectivity index (χ1n) is 12.1. The Hall–Kier alpha value is -3.20. The number of nitrogens with zero attached hydrogens (tertiary/aromatic N) is 2. The minimum absolute atomic E-state index is 0.359. The lowest BCUT2D eigenvalue weighted by atomic mass is 9.87. The molecule has 3 unspecified atom stereocenters. The van der Waals surface area contributed by atoms with E-state index >= 15 is 0 Å². The van der Waals surface area contributed by atoms with Crippen LogP contribution in [0, 0.1) is 5.92 Å². The Morgan fingerprint density at radius 3 is 2.39 bits per heavy atom. The monoisotopic (exact) mass is 679 g/mol. The molecule has 14 heteroatoms. The van der Waals surface area contributed by atoms with Gasteiger partial charge in [-0.2, -0.15) is 13.2 Å². The first-order chi connectivity index (χ1) is 19.5. The van der Waals surface area contributed by atoms with E-state index in [-0.39, 0.29) is 5.91 Å². The Labute approximate surface area is 251 Å². The number of fused-ring (bicyclic) bond motifs is 2. The van der Waals surface area contributed by atoms with Crippen molar-refractivity contribution in [1.82, 2.24) is 4.57 Å². The Morgan fingerprint density at radius 2 is 1.71 bits per heavy atom. The SMILES string of the molecule is O=C(Cn1c2c(sc1=O)C(c1cccs1)C1C(=O)N(c3ccc(Br)cc3)C(=O)C1S2)Nc1ccccc1C(F)(F)F. The molecule has 41 heavy (non-hydrogen) atoms. The Morgan fingerprint density at radius 1 is 0.976 bits per heavy atom. The molecule has 210 valence electrons. The molecule has 0 saturated carbocycles. The Balaban J connectivity index is 1.37. The van der Waals surface area contributed by atoms with Gasteiger partial charge in [-0.15, -0.1) is 11.3 Å². The minimum atomic E-state index is -4.68. The molecule has 6 rings (SSSR count). The van der Waals surface area contributed by atoms with Gasteiger partial charge in [-0.1, -0.05) is 57.2 Å². The molecule has 3 atom stereocenters. The molecule has 0 spiro atoms. The number of imide groups is 1. The highest BCUT2D eigenvalue weighted by atomic mass is 79.9. The summed E-state index contributed by atoms with van der Waals surface area (Å²) in [6, 6.07) is 15.0. The number of hydrogen-bond acceptors (Lipinski definition) is 7. The van der Waals surface area contributed by atoms with E-state index in [9.17, 15) is 32.3 Å². The number of alkyl halides is 3. The summed E-state index contributed by atoms with van der Waals surface area (Å²) in [4.78, 5) is 55.6. The lowest BCUT2D eigenvalue weighted by Gasteiger charge is -2.29. The maximum absolute atomic E-state index is 13.8. The molecule has 1 saturated heterocycles. The third-order valence-corrected chi connectivity index (χ3v) is 10.9. The van der Waals surface area contributed by atoms with E-state index < -0.39 is 57.7 Å². The number of carbonyl (C=O) groups is 3. The number of para-hydroxylation sites is 1. The molecule has 2 aromatic heterocycles. The minimum Gasteiger partial charge on any atom is -0.324 e. The van der Waals surface area contributed by atoms with Crippen molar-refractivity contribution in [2.75, 3.05) is 10.2 Å². The van der Waals surface area contributed by atoms with Crippen LogP contribution in [0.3, 0.4) is 0 Å². The van der Waals surface area contributed by atoms with Crippen molar-refractivity contribution in [2.24, 2.45) is 5.92 Å². The fourth-order valence-electron chi connectivity index (χ4n) is 5.05. The van der Waals surface area contributed by atoms with Crippen LogP contribution in [-0.4, -0.2) is 27.5 Å². The van der Waals surface area contributed by atoms with Crippen LogP contribution in [0.15, 0.2) is 80.3 Å². The number of halogens is 4. The van der Waals surface area contributed by atoms with Crippen molar-refractivity contribution >= 4 is 79.5 Å². The molecule has 1 fully saturated rings. The molecule has 2 aromatic carbocycles. The molecule has 7 nitrogen and oxygen atoms in total. The highest BCUT2D eigenvalue weighted by Gasteiger charge is 2.57. The van der Waals surface area contributed by atoms with E-state index in [4.69, 9.17) is 0 Å². The first-order valence-corrected chi connectivity index (χ1v) is 15.4. The van der Waals surface area contributed by atoms with E-state index in [0.29, 0.717) is 15.6 Å². The molecule has 2 aliphatic rings. The number of thiophene rings is 1. The summed E-state index contributed by atoms with van der Waals surface area (Å²) < 4.78 is 42.3. The van der Waals surface area contributed by atoms with Crippen molar-refractivity contribution in [2.45, 2.75) is 28.9 Å². The summed E-state index contributed by atoms with van der Waals surface area (Å²) in [7, 11) is 0. The zero-order chi connectivity index (χ0) is 29.1. The van der Waals surface area contributed by atoms with Crippen molar-refractivity contribution in [1.29, 1.82) is 0 Å². The molecular weight excluding hydrogens is 663 g/mol. The van der Waals surface area contributed by atoms with Crippen molar-refractivity contribution in [3.63, 3.8) is 0 Å². The number of nitrogens with one attached hydrogen (secondary N) is 1. The summed E-state index contributed by atoms with van der Waals surface area (Å²) in [6.07, 6.45) is -4.68. The molecule has 2 aliphatic heterocycles. The van der Waals surface area contributed by atoms with Gasteiger partial charge in [-0.25, -0.2) is 4.90 Å². The van der Waals surface area contributed by atoms with E-state index in [1.165, 1.54) is 28.0 Å². The largest absolute Gasteiger partial charge is 0.418 e. The molecule has 3 amide bonds. The predicted octanol–water partition coefficient (Wildman–Crippen LogP) is 6.19. The average Bonchev–Trinajstić information content (AvgIpc) is 3.62. The normalized spacial score (nSPS) is 20.2. The quantitative estimate of drug-likeness (QED) is 0.254. The van der Waals surface area contributed by atoms with Crippen LogP contribution in [0.4, 0.5) is 24.5 Å². The summed E-state index contributed by atoms with van der Waals surface area (Å²) in [5.41, 5.74) is -1.01. The van der Waals surface area contributed by atoms with Gasteiger partial charge in [0, 0.05) is 20.1 Å². The van der Waals surface area contributed by atoms with Crippen LogP contribution in [0.2, 0.25) is 0 Å². The second kappa shape index (κ2) is 10.6. The second-order valence-corrected chi connectivity index (χ2v) is 13.3. The zero-order valence-corrected chi connectivity index (χ0v) is 24.6. The summed E-state index contributed by atoms with van der Waals surface area (Å²) >= 11 is 6.66. The van der Waals surface area contributed by atoms with Gasteiger partial charge in [0.2, 0.25) is 17.7 Å². The van der Waals surface area contributed by atoms with Gasteiger partial charge in [0.05, 0.1) is 27.9 Å². The number of anilines is 2. The van der Waals surface area contributed by atoms with E-state index in [2.05, 4.69) is 21.2 Å². The Kier molecular flexibility index (Phi) is 7.20. The van der Waals surface area contributed by atoms with Crippen LogP contribution < -0.4 is 15.1 Å². The van der Waals surface area contributed by atoms with Gasteiger partial charge in [0.1, 0.15) is 11.8 Å². The fourth-order valence-corrected chi connectivity index (χ4v) is 9.03. The number of thiazole rings is 1. The number of aromatic nitrogens is 1. The maximum Gasteiger partial charge on any atom is 0.418 e. The summed E-state index contributed by atoms with van der Waals surface area (Å²) in [6.45, 7) is -0.559. The zero-order valence-electron chi connectivity index (χ0n) is 20.6. The van der Waals surface area contributed by atoms with Gasteiger partial charge in [-0.05, 0) is 47.8 Å². The van der Waals surface area contributed by atoms with Crippen LogP contribution in [0.5, 0.6) is 0 Å². The Bertz CT molecular complexity index is 1730. The van der Waals surface area contributed by atoms with E-state index in [1.807, 2.05) is 17.5 Å². The first kappa shape index (κ1) is 27.9. The number of carbonyl (C=O) groups excluding carboxylic acids is 3. The van der Waals surface area contributed by atoms with Crippen molar-refractivity contribution < 1.29 is 27.6 Å². The van der Waals surface area contributed by atoms with Crippen LogP contribution >= 0.6 is 50.4 Å². The van der Waals surface area contributed by atoms with Crippen LogP contribution in [-0.2, 0) is 27.1 Å². The second-order valence-electron chi connectivity index (χ2n) is 9.26. The van der Waals surface area contributed by atoms with Crippen molar-refractivity contribution in [3.8, 4) is 0 Å². The van der Waals surface area contributed by atoms with E-state index in [0.717, 1.165) is 49.5 Å². The third kappa shape index (κ3) is 4.96. The number of benzene rings is 2. The molecule has 0 radical (unpaired) electrons. The molecule has 4 heterocycles. The maximum atomic E-state index is 13.8. The average molecular weight is 681 g/mol. The summed E-state index contributed by atoms with van der Waals surface area (Å²) in [5, 5.41) is 3.61. The lowest BCUT2D eigenvalue weighted by Crippen LogP contribution is -2.32. The van der Waals surface area contributed by atoms with Gasteiger partial charge in [0.25, 0.3) is 0 Å².